The molecule has 0 radical (unpaired) electrons. The largest absolute Gasteiger partial charge is 0.417 e. The number of fused-ring (bicyclic) bond motifs is 1. The van der Waals surface area contributed by atoms with E-state index in [0.717, 1.165) is 44.9 Å². The lowest BCUT2D eigenvalue weighted by atomic mass is 9.93. The highest BCUT2D eigenvalue weighted by atomic mass is 32.2. The van der Waals surface area contributed by atoms with Crippen LogP contribution in [0.5, 0.6) is 0 Å². The number of alkyl halides is 3. The number of urea groups is 1. The van der Waals surface area contributed by atoms with Gasteiger partial charge in [-0.25, -0.2) is 17.5 Å². The highest BCUT2D eigenvalue weighted by Gasteiger charge is 2.35. The van der Waals surface area contributed by atoms with Gasteiger partial charge in [0, 0.05) is 60.9 Å². The van der Waals surface area contributed by atoms with Crippen LogP contribution in [0.15, 0.2) is 29.1 Å². The Kier molecular flexibility index (Phi) is 11.0. The van der Waals surface area contributed by atoms with Crippen molar-refractivity contribution >= 4 is 32.6 Å². The molecule has 3 heterocycles. The van der Waals surface area contributed by atoms with Gasteiger partial charge in [-0.1, -0.05) is 13.3 Å². The summed E-state index contributed by atoms with van der Waals surface area (Å²) >= 11 is 0. The molecule has 240 valence electrons. The monoisotopic (exact) mass is 627 g/mol. The van der Waals surface area contributed by atoms with Crippen molar-refractivity contribution in [3.63, 3.8) is 0 Å². The number of carbonyl (C=O) groups excluding carboxylic acids is 1. The number of nitrogens with zero attached hydrogens (tertiary/aromatic N) is 2. The third-order valence-corrected chi connectivity index (χ3v) is 10.7. The van der Waals surface area contributed by atoms with Crippen LogP contribution in [-0.4, -0.2) is 67.8 Å². The zero-order valence-electron chi connectivity index (χ0n) is 25.0. The molecule has 43 heavy (non-hydrogen) atoms. The first-order valence-corrected chi connectivity index (χ1v) is 17.0. The Labute approximate surface area is 251 Å². The van der Waals surface area contributed by atoms with E-state index in [9.17, 15) is 31.2 Å². The summed E-state index contributed by atoms with van der Waals surface area (Å²) in [5.74, 6) is 0.681. The number of H-pyrrole nitrogens is 1. The molecule has 2 saturated heterocycles. The lowest BCUT2D eigenvalue weighted by Gasteiger charge is -2.31. The minimum atomic E-state index is -4.65. The van der Waals surface area contributed by atoms with Crippen LogP contribution >= 0.6 is 0 Å². The normalized spacial score (nSPS) is 20.5. The van der Waals surface area contributed by atoms with Gasteiger partial charge in [0.15, 0.2) is 0 Å². The molecule has 2 aromatic rings. The highest BCUT2D eigenvalue weighted by Crippen LogP contribution is 2.37. The lowest BCUT2D eigenvalue weighted by molar-refractivity contribution is -0.136. The molecule has 2 aliphatic rings. The number of hydrogen-bond donors (Lipinski definition) is 3. The smallest absolute Gasteiger partial charge is 0.366 e. The molecule has 13 heteroatoms. The Hall–Kier alpha value is -2.80. The van der Waals surface area contributed by atoms with Crippen molar-refractivity contribution in [1.29, 1.82) is 0 Å². The van der Waals surface area contributed by atoms with Crippen LogP contribution in [0.4, 0.5) is 23.7 Å². The standard InChI is InChI=1S/C30H44F3N5O4S/c1-3-4-18-43(41,42)37-16-12-22(13-17-37)6-5-14-34-29(40)35-15-11-23-8-7-21(2)38(23)24-9-10-27-25(19-24)26(30(31,32)33)20-28(39)36-27/h9-10,19-23H,3-8,11-18H2,1-2H3,(H,36,39)(H2,34,35,40). The van der Waals surface area contributed by atoms with Gasteiger partial charge in [0.25, 0.3) is 0 Å². The van der Waals surface area contributed by atoms with Crippen molar-refractivity contribution in [1.82, 2.24) is 19.9 Å². The predicted molar refractivity (Wildman–Crippen MR) is 163 cm³/mol. The Morgan fingerprint density at radius 3 is 2.44 bits per heavy atom. The van der Waals surface area contributed by atoms with Gasteiger partial charge in [-0.05, 0) is 82.4 Å². The quantitative estimate of drug-likeness (QED) is 0.280. The van der Waals surface area contributed by atoms with Crippen LogP contribution in [-0.2, 0) is 16.2 Å². The predicted octanol–water partition coefficient (Wildman–Crippen LogP) is 5.22. The molecule has 1 aromatic heterocycles. The fourth-order valence-electron chi connectivity index (χ4n) is 6.40. The number of unbranched alkanes of at least 4 members (excludes halogenated alkanes) is 1. The van der Waals surface area contributed by atoms with Crippen LogP contribution in [0.3, 0.4) is 0 Å². The zero-order valence-corrected chi connectivity index (χ0v) is 25.8. The number of piperidine rings is 1. The number of sulfonamides is 1. The second kappa shape index (κ2) is 14.3. The Bertz CT molecular complexity index is 1410. The number of aromatic nitrogens is 1. The fourth-order valence-corrected chi connectivity index (χ4v) is 8.08. The molecule has 0 bridgehead atoms. The number of pyridine rings is 1. The summed E-state index contributed by atoms with van der Waals surface area (Å²) in [5, 5.41) is 5.76. The van der Waals surface area contributed by atoms with Crippen LogP contribution in [0.25, 0.3) is 10.9 Å². The van der Waals surface area contributed by atoms with E-state index in [0.29, 0.717) is 56.7 Å². The number of hydrogen-bond acceptors (Lipinski definition) is 5. The van der Waals surface area contributed by atoms with E-state index >= 15 is 0 Å². The molecule has 0 spiro atoms. The second-order valence-electron chi connectivity index (χ2n) is 11.9. The van der Waals surface area contributed by atoms with E-state index in [-0.39, 0.29) is 34.8 Å². The van der Waals surface area contributed by atoms with E-state index in [2.05, 4.69) is 20.5 Å². The number of nitrogens with one attached hydrogen (secondary N) is 3. The van der Waals surface area contributed by atoms with Crippen LogP contribution in [0.2, 0.25) is 0 Å². The number of aromatic amines is 1. The van der Waals surface area contributed by atoms with Crippen molar-refractivity contribution < 1.29 is 26.4 Å². The number of carbonyl (C=O) groups is 1. The summed E-state index contributed by atoms with van der Waals surface area (Å²) in [5.41, 5.74) is -0.934. The minimum absolute atomic E-state index is 0.0393. The minimum Gasteiger partial charge on any atom is -0.366 e. The molecule has 0 aliphatic carbocycles. The van der Waals surface area contributed by atoms with Crippen molar-refractivity contribution in [3.05, 3.63) is 40.2 Å². The Morgan fingerprint density at radius 2 is 1.74 bits per heavy atom. The van der Waals surface area contributed by atoms with Crippen LogP contribution in [0, 0.1) is 5.92 Å². The maximum Gasteiger partial charge on any atom is 0.417 e. The molecule has 9 nitrogen and oxygen atoms in total. The Morgan fingerprint density at radius 1 is 1.02 bits per heavy atom. The topological polar surface area (TPSA) is 115 Å². The van der Waals surface area contributed by atoms with Gasteiger partial charge in [-0.15, -0.1) is 0 Å². The number of halogens is 3. The molecule has 3 N–H and O–H groups in total. The van der Waals surface area contributed by atoms with Gasteiger partial charge < -0.3 is 20.5 Å². The summed E-state index contributed by atoms with van der Waals surface area (Å²) in [6.45, 7) is 6.14. The molecule has 2 fully saturated rings. The number of rotatable bonds is 12. The summed E-state index contributed by atoms with van der Waals surface area (Å²) in [6, 6.07) is 5.29. The maximum atomic E-state index is 13.7. The van der Waals surface area contributed by atoms with Gasteiger partial charge >= 0.3 is 12.2 Å². The average Bonchev–Trinajstić information content (AvgIpc) is 3.33. The maximum absolute atomic E-state index is 13.7. The van der Waals surface area contributed by atoms with Gasteiger partial charge in [0.1, 0.15) is 0 Å². The van der Waals surface area contributed by atoms with Gasteiger partial charge in [0.2, 0.25) is 15.6 Å². The van der Waals surface area contributed by atoms with Crippen molar-refractivity contribution in [3.8, 4) is 0 Å². The molecule has 1 aromatic carbocycles. The highest BCUT2D eigenvalue weighted by molar-refractivity contribution is 7.89. The van der Waals surface area contributed by atoms with E-state index in [1.165, 1.54) is 12.1 Å². The molecule has 2 amide bonds. The van der Waals surface area contributed by atoms with Gasteiger partial charge in [-0.3, -0.25) is 4.79 Å². The van der Waals surface area contributed by atoms with E-state index in [1.54, 1.807) is 10.4 Å². The molecule has 0 saturated carbocycles. The van der Waals surface area contributed by atoms with Crippen molar-refractivity contribution in [2.24, 2.45) is 5.92 Å². The lowest BCUT2D eigenvalue weighted by Crippen LogP contribution is -2.41. The van der Waals surface area contributed by atoms with Crippen molar-refractivity contribution in [2.45, 2.75) is 89.9 Å². The van der Waals surface area contributed by atoms with Crippen LogP contribution < -0.4 is 21.1 Å². The summed E-state index contributed by atoms with van der Waals surface area (Å²) in [6.07, 6.45) is 2.75. The molecule has 2 aliphatic heterocycles. The summed E-state index contributed by atoms with van der Waals surface area (Å²) < 4.78 is 67.4. The first-order chi connectivity index (χ1) is 20.4. The number of amides is 2. The first kappa shape index (κ1) is 33.1. The summed E-state index contributed by atoms with van der Waals surface area (Å²) in [4.78, 5) is 28.8. The molecule has 2 unspecified atom stereocenters. The molecular weight excluding hydrogens is 583 g/mol. The van der Waals surface area contributed by atoms with E-state index in [4.69, 9.17) is 0 Å². The SMILES string of the molecule is CCCCS(=O)(=O)N1CCC(CCCNC(=O)NCCC2CCC(C)N2c2ccc3[nH]c(=O)cc(C(F)(F)F)c3c2)CC1. The number of anilines is 1. The molecule has 4 rings (SSSR count). The number of benzene rings is 1. The van der Waals surface area contributed by atoms with Crippen molar-refractivity contribution in [2.75, 3.05) is 36.8 Å². The Balaban J connectivity index is 1.21. The van der Waals surface area contributed by atoms with Gasteiger partial charge in [-0.2, -0.15) is 13.2 Å². The third-order valence-electron chi connectivity index (χ3n) is 8.78. The summed E-state index contributed by atoms with van der Waals surface area (Å²) in [7, 11) is -3.15. The molecular formula is C30H44F3N5O4S. The molecule has 2 atom stereocenters. The second-order valence-corrected chi connectivity index (χ2v) is 14.0. The third kappa shape index (κ3) is 8.65. The first-order valence-electron chi connectivity index (χ1n) is 15.4. The van der Waals surface area contributed by atoms with Crippen LogP contribution in [0.1, 0.15) is 77.2 Å². The average molecular weight is 628 g/mol. The van der Waals surface area contributed by atoms with E-state index < -0.39 is 27.3 Å². The fraction of sp³-hybridized carbons (Fsp3) is 0.667. The van der Waals surface area contributed by atoms with Gasteiger partial charge in [0.05, 0.1) is 11.3 Å². The zero-order chi connectivity index (χ0) is 31.2. The van der Waals surface area contributed by atoms with E-state index in [1.807, 2.05) is 13.8 Å².